The Labute approximate surface area is 195 Å². The fraction of sp³-hybridized carbons (Fsp3) is 0.375. The van der Waals surface area contributed by atoms with Gasteiger partial charge < -0.3 is 5.32 Å². The third-order valence-electron chi connectivity index (χ3n) is 7.77. The number of rotatable bonds is 1. The number of benzene rings is 2. The van der Waals surface area contributed by atoms with Gasteiger partial charge in [0.1, 0.15) is 5.54 Å². The minimum atomic E-state index is -1.20. The first-order valence-corrected chi connectivity index (χ1v) is 11.6. The maximum Gasteiger partial charge on any atom is 0.250 e. The van der Waals surface area contributed by atoms with E-state index in [1.165, 1.54) is 4.90 Å². The lowest BCUT2D eigenvalue weighted by molar-refractivity contribution is -0.135. The highest BCUT2D eigenvalue weighted by atomic mass is 35.5. The molecule has 3 amide bonds. The lowest BCUT2D eigenvalue weighted by Crippen LogP contribution is -2.54. The van der Waals surface area contributed by atoms with Gasteiger partial charge in [-0.25, -0.2) is 4.90 Å². The summed E-state index contributed by atoms with van der Waals surface area (Å²) in [4.78, 5) is 44.8. The second-order valence-electron chi connectivity index (χ2n) is 9.16. The predicted octanol–water partition coefficient (Wildman–Crippen LogP) is 4.04. The Balaban J connectivity index is 1.58. The Kier molecular flexibility index (Phi) is 4.15. The first-order chi connectivity index (χ1) is 15.3. The molecule has 1 N–H and O–H groups in total. The average molecular weight is 470 g/mol. The number of imide groups is 1. The van der Waals surface area contributed by atoms with Gasteiger partial charge in [-0.3, -0.25) is 19.3 Å². The molecule has 2 aromatic carbocycles. The molecule has 0 unspecified atom stereocenters. The van der Waals surface area contributed by atoms with Crippen LogP contribution in [0.5, 0.6) is 0 Å². The number of nitrogens with one attached hydrogen (secondary N) is 1. The van der Waals surface area contributed by atoms with Gasteiger partial charge in [0.25, 0.3) is 0 Å². The maximum absolute atomic E-state index is 14.0. The van der Waals surface area contributed by atoms with E-state index in [2.05, 4.69) is 10.2 Å². The summed E-state index contributed by atoms with van der Waals surface area (Å²) < 4.78 is 0. The van der Waals surface area contributed by atoms with E-state index in [1.54, 1.807) is 24.3 Å². The average Bonchev–Trinajstić information content (AvgIpc) is 3.46. The number of nitrogens with zero attached hydrogens (tertiary/aromatic N) is 2. The fourth-order valence-corrected chi connectivity index (χ4v) is 6.78. The second-order valence-corrected chi connectivity index (χ2v) is 10.0. The largest absolute Gasteiger partial charge is 0.324 e. The van der Waals surface area contributed by atoms with E-state index in [9.17, 15) is 14.4 Å². The molecule has 1 spiro atoms. The summed E-state index contributed by atoms with van der Waals surface area (Å²) in [5.41, 5.74) is 2.25. The van der Waals surface area contributed by atoms with E-state index in [-0.39, 0.29) is 23.8 Å². The van der Waals surface area contributed by atoms with Crippen molar-refractivity contribution in [3.05, 3.63) is 57.1 Å². The number of hydrogen-bond acceptors (Lipinski definition) is 4. The van der Waals surface area contributed by atoms with Gasteiger partial charge in [0.2, 0.25) is 17.7 Å². The van der Waals surface area contributed by atoms with Gasteiger partial charge in [0.15, 0.2) is 0 Å². The van der Waals surface area contributed by atoms with Gasteiger partial charge in [-0.05, 0) is 62.6 Å². The Morgan fingerprint density at radius 2 is 1.84 bits per heavy atom. The zero-order valence-electron chi connectivity index (χ0n) is 17.6. The van der Waals surface area contributed by atoms with Crippen molar-refractivity contribution < 1.29 is 14.4 Å². The molecule has 4 aliphatic rings. The van der Waals surface area contributed by atoms with Gasteiger partial charge in [0, 0.05) is 21.7 Å². The number of amides is 3. The smallest absolute Gasteiger partial charge is 0.250 e. The zero-order chi connectivity index (χ0) is 22.5. The molecule has 6 rings (SSSR count). The van der Waals surface area contributed by atoms with Crippen molar-refractivity contribution in [3.63, 3.8) is 0 Å². The predicted molar refractivity (Wildman–Crippen MR) is 122 cm³/mol. The van der Waals surface area contributed by atoms with Crippen molar-refractivity contribution in [2.45, 2.75) is 38.3 Å². The first-order valence-electron chi connectivity index (χ1n) is 10.8. The summed E-state index contributed by atoms with van der Waals surface area (Å²) in [6.45, 7) is 4.38. The normalized spacial score (nSPS) is 30.8. The van der Waals surface area contributed by atoms with Gasteiger partial charge in [0.05, 0.1) is 23.2 Å². The van der Waals surface area contributed by atoms with Crippen LogP contribution in [0.1, 0.15) is 29.5 Å². The molecule has 164 valence electrons. The number of halogens is 2. The molecular formula is C24H21Cl2N3O3. The van der Waals surface area contributed by atoms with Crippen molar-refractivity contribution in [1.29, 1.82) is 0 Å². The molecule has 4 heterocycles. The van der Waals surface area contributed by atoms with E-state index in [4.69, 9.17) is 23.2 Å². The third-order valence-corrected chi connectivity index (χ3v) is 8.42. The minimum absolute atomic E-state index is 0.159. The highest BCUT2D eigenvalue weighted by Crippen LogP contribution is 2.61. The molecule has 0 aliphatic carbocycles. The molecule has 4 aliphatic heterocycles. The number of fused-ring (bicyclic) bond motifs is 7. The molecule has 6 nitrogen and oxygen atoms in total. The van der Waals surface area contributed by atoms with Crippen molar-refractivity contribution in [2.24, 2.45) is 11.8 Å². The molecule has 3 fully saturated rings. The van der Waals surface area contributed by atoms with Crippen LogP contribution in [0.15, 0.2) is 30.3 Å². The molecule has 4 atom stereocenters. The molecule has 32 heavy (non-hydrogen) atoms. The van der Waals surface area contributed by atoms with Gasteiger partial charge in [-0.15, -0.1) is 0 Å². The monoisotopic (exact) mass is 469 g/mol. The zero-order valence-corrected chi connectivity index (χ0v) is 19.1. The Morgan fingerprint density at radius 3 is 2.62 bits per heavy atom. The van der Waals surface area contributed by atoms with Crippen LogP contribution < -0.4 is 10.2 Å². The first kappa shape index (κ1) is 20.2. The van der Waals surface area contributed by atoms with Crippen molar-refractivity contribution in [3.8, 4) is 0 Å². The third kappa shape index (κ3) is 2.23. The van der Waals surface area contributed by atoms with Crippen LogP contribution in [-0.2, 0) is 19.9 Å². The molecule has 0 bridgehead atoms. The van der Waals surface area contributed by atoms with Crippen LogP contribution in [0, 0.1) is 25.7 Å². The molecule has 0 aromatic heterocycles. The number of carbonyl (C=O) groups excluding carboxylic acids is 3. The standard InChI is InChI=1S/C24H21Cl2N3O3/c1-11-5-6-13(25)10-17(11)29-21(30)18-16-4-3-9-28(16)24(19(18)22(29)31)14-7-8-15(26)12(2)20(14)27-23(24)32/h5-8,10,16,18-19H,3-4,9H2,1-2H3,(H,27,32)/t16-,18+,19+,24-/m1/s1. The lowest BCUT2D eigenvalue weighted by Gasteiger charge is -2.36. The van der Waals surface area contributed by atoms with Crippen LogP contribution in [0.3, 0.4) is 0 Å². The van der Waals surface area contributed by atoms with Gasteiger partial charge in [-0.2, -0.15) is 0 Å². The number of aryl methyl sites for hydroxylation is 1. The number of anilines is 2. The van der Waals surface area contributed by atoms with E-state index < -0.39 is 17.4 Å². The summed E-state index contributed by atoms with van der Waals surface area (Å²) in [7, 11) is 0. The summed E-state index contributed by atoms with van der Waals surface area (Å²) in [5, 5.41) is 4.01. The van der Waals surface area contributed by atoms with Crippen molar-refractivity contribution in [2.75, 3.05) is 16.8 Å². The van der Waals surface area contributed by atoms with E-state index >= 15 is 0 Å². The molecular weight excluding hydrogens is 449 g/mol. The Bertz CT molecular complexity index is 1250. The summed E-state index contributed by atoms with van der Waals surface area (Å²) in [6, 6.07) is 8.64. The van der Waals surface area contributed by atoms with E-state index in [0.717, 1.165) is 29.5 Å². The van der Waals surface area contributed by atoms with E-state index in [0.29, 0.717) is 28.0 Å². The minimum Gasteiger partial charge on any atom is -0.324 e. The number of carbonyl (C=O) groups is 3. The topological polar surface area (TPSA) is 69.7 Å². The molecule has 0 saturated carbocycles. The van der Waals surface area contributed by atoms with Crippen LogP contribution >= 0.6 is 23.2 Å². The Hall–Kier alpha value is -2.41. The quantitative estimate of drug-likeness (QED) is 0.639. The molecule has 8 heteroatoms. The maximum atomic E-state index is 14.0. The van der Waals surface area contributed by atoms with Crippen LogP contribution in [0.25, 0.3) is 0 Å². The van der Waals surface area contributed by atoms with Gasteiger partial charge in [-0.1, -0.05) is 35.3 Å². The van der Waals surface area contributed by atoms with Crippen molar-refractivity contribution in [1.82, 2.24) is 4.90 Å². The van der Waals surface area contributed by atoms with Crippen LogP contribution in [-0.4, -0.2) is 35.2 Å². The van der Waals surface area contributed by atoms with Crippen molar-refractivity contribution >= 4 is 52.3 Å². The molecule has 0 radical (unpaired) electrons. The summed E-state index contributed by atoms with van der Waals surface area (Å²) in [5.74, 6) is -2.19. The summed E-state index contributed by atoms with van der Waals surface area (Å²) in [6.07, 6.45) is 1.65. The SMILES string of the molecule is Cc1ccc(Cl)cc1N1C(=O)[C@H]2[C@H]3CCCN3[C@@]3(C(=O)Nc4c3ccc(Cl)c4C)[C@@H]2C1=O. The number of hydrogen-bond donors (Lipinski definition) is 1. The highest BCUT2D eigenvalue weighted by Gasteiger charge is 2.74. The fourth-order valence-electron chi connectivity index (χ4n) is 6.45. The van der Waals surface area contributed by atoms with Crippen LogP contribution in [0.4, 0.5) is 11.4 Å². The Morgan fingerprint density at radius 1 is 1.06 bits per heavy atom. The second kappa shape index (κ2) is 6.56. The van der Waals surface area contributed by atoms with E-state index in [1.807, 2.05) is 19.9 Å². The highest BCUT2D eigenvalue weighted by molar-refractivity contribution is 6.33. The van der Waals surface area contributed by atoms with Gasteiger partial charge >= 0.3 is 0 Å². The molecule has 2 aromatic rings. The van der Waals surface area contributed by atoms with Crippen LogP contribution in [0.2, 0.25) is 10.0 Å². The lowest BCUT2D eigenvalue weighted by atomic mass is 9.75. The molecule has 3 saturated heterocycles. The summed E-state index contributed by atoms with van der Waals surface area (Å²) >= 11 is 12.5.